The lowest BCUT2D eigenvalue weighted by atomic mass is 9.86. The molecule has 10 rings (SSSR count). The van der Waals surface area contributed by atoms with E-state index in [0.717, 1.165) is 10.9 Å². The Hall–Kier alpha value is -5.79. The normalized spacial score (nSPS) is 12.1. The highest BCUT2D eigenvalue weighted by molar-refractivity contribution is 6.37. The summed E-state index contributed by atoms with van der Waals surface area (Å²) in [4.78, 5) is 4.51. The van der Waals surface area contributed by atoms with Crippen molar-refractivity contribution in [3.05, 3.63) is 152 Å². The maximum Gasteiger partial charge on any atom is 0.0702 e. The molecular weight excluding hydrogens is 530 g/mol. The number of pyridine rings is 1. The molecule has 9 aromatic carbocycles. The van der Waals surface area contributed by atoms with Crippen LogP contribution in [-0.4, -0.2) is 4.98 Å². The molecule has 0 saturated heterocycles. The average molecular weight is 556 g/mol. The number of aromatic nitrogens is 1. The van der Waals surface area contributed by atoms with Gasteiger partial charge in [0.1, 0.15) is 0 Å². The van der Waals surface area contributed by atoms with Crippen molar-refractivity contribution in [3.8, 4) is 22.3 Å². The Kier molecular flexibility index (Phi) is 4.78. The predicted molar refractivity (Wildman–Crippen MR) is 189 cm³/mol. The minimum atomic E-state index is 1.02. The van der Waals surface area contributed by atoms with Crippen LogP contribution in [0, 0.1) is 0 Å². The summed E-state index contributed by atoms with van der Waals surface area (Å²) < 4.78 is 0. The van der Waals surface area contributed by atoms with E-state index in [-0.39, 0.29) is 0 Å². The van der Waals surface area contributed by atoms with E-state index in [1.807, 2.05) is 12.3 Å². The predicted octanol–water partition coefficient (Wildman–Crippen LogP) is 11.9. The lowest BCUT2D eigenvalue weighted by Crippen LogP contribution is -1.89. The third-order valence-corrected chi connectivity index (χ3v) is 9.56. The summed E-state index contributed by atoms with van der Waals surface area (Å²) in [5, 5.41) is 16.8. The molecule has 10 aromatic rings. The molecule has 0 atom stereocenters. The molecule has 0 radical (unpaired) electrons. The Bertz CT molecular complexity index is 2760. The minimum Gasteiger partial charge on any atom is -0.256 e. The Morgan fingerprint density at radius 2 is 0.795 bits per heavy atom. The summed E-state index contributed by atoms with van der Waals surface area (Å²) in [5.41, 5.74) is 5.87. The maximum atomic E-state index is 4.51. The lowest BCUT2D eigenvalue weighted by Gasteiger charge is -2.17. The van der Waals surface area contributed by atoms with Gasteiger partial charge in [-0.1, -0.05) is 109 Å². The first kappa shape index (κ1) is 23.7. The Balaban J connectivity index is 1.34. The standard InChI is InChI=1S/C43H25N/c1-9-29(31-19-20-39-32(23-31)11-5-21-44-39)22-30(10-1)34-24-33-18-17-28-7-3-13-36-35-12-2-6-26-15-16-27-8-4-14-37(42(27)40(26)35)38(25-34)43(33)41(28)36/h1-25H. The first-order valence-corrected chi connectivity index (χ1v) is 15.2. The molecule has 1 aromatic heterocycles. The largest absolute Gasteiger partial charge is 0.256 e. The molecule has 44 heavy (non-hydrogen) atoms. The molecule has 1 nitrogen and oxygen atoms in total. The van der Waals surface area contributed by atoms with Gasteiger partial charge in [-0.3, -0.25) is 4.98 Å². The number of fused-ring (bicyclic) bond motifs is 3. The van der Waals surface area contributed by atoms with Gasteiger partial charge in [0, 0.05) is 11.6 Å². The first-order valence-electron chi connectivity index (χ1n) is 15.2. The smallest absolute Gasteiger partial charge is 0.0702 e. The summed E-state index contributed by atoms with van der Waals surface area (Å²) in [7, 11) is 0. The molecule has 202 valence electrons. The van der Waals surface area contributed by atoms with Gasteiger partial charge in [-0.25, -0.2) is 0 Å². The number of rotatable bonds is 2. The van der Waals surface area contributed by atoms with Crippen molar-refractivity contribution in [1.29, 1.82) is 0 Å². The molecule has 0 N–H and O–H groups in total. The zero-order chi connectivity index (χ0) is 28.8. The fraction of sp³-hybridized carbons (Fsp3) is 0. The SMILES string of the molecule is c1cc(-c2ccc3ncccc3c2)cc(-c2cc3ccc4cccc5c6cccc7ccc8cccc(c(c2)c3c45)c8c76)c1. The average Bonchev–Trinajstić information content (AvgIpc) is 3.09. The van der Waals surface area contributed by atoms with E-state index in [4.69, 9.17) is 0 Å². The van der Waals surface area contributed by atoms with Crippen molar-refractivity contribution in [1.82, 2.24) is 4.98 Å². The zero-order valence-electron chi connectivity index (χ0n) is 23.9. The topological polar surface area (TPSA) is 12.9 Å². The molecule has 0 unspecified atom stereocenters. The van der Waals surface area contributed by atoms with E-state index < -0.39 is 0 Å². The van der Waals surface area contributed by atoms with Crippen molar-refractivity contribution in [2.45, 2.75) is 0 Å². The van der Waals surface area contributed by atoms with E-state index >= 15 is 0 Å². The maximum absolute atomic E-state index is 4.51. The molecule has 0 aliphatic carbocycles. The van der Waals surface area contributed by atoms with Crippen LogP contribution in [-0.2, 0) is 0 Å². The number of benzene rings is 8. The van der Waals surface area contributed by atoms with Gasteiger partial charge >= 0.3 is 0 Å². The summed E-state index contributed by atoms with van der Waals surface area (Å²) in [6.07, 6.45) is 1.85. The molecule has 0 saturated carbocycles. The van der Waals surface area contributed by atoms with Crippen LogP contribution in [0.2, 0.25) is 0 Å². The molecule has 0 aliphatic heterocycles. The molecule has 1 heteroatoms. The second-order valence-electron chi connectivity index (χ2n) is 12.0. The van der Waals surface area contributed by atoms with Gasteiger partial charge in [0.15, 0.2) is 0 Å². The van der Waals surface area contributed by atoms with Gasteiger partial charge in [-0.15, -0.1) is 0 Å². The quantitative estimate of drug-likeness (QED) is 0.193. The van der Waals surface area contributed by atoms with E-state index in [0.29, 0.717) is 0 Å². The second kappa shape index (κ2) is 8.86. The zero-order valence-corrected chi connectivity index (χ0v) is 23.9. The van der Waals surface area contributed by atoms with Crippen LogP contribution in [0.15, 0.2) is 152 Å². The highest BCUT2D eigenvalue weighted by Crippen LogP contribution is 2.44. The second-order valence-corrected chi connectivity index (χ2v) is 12.0. The van der Waals surface area contributed by atoms with Crippen molar-refractivity contribution in [3.63, 3.8) is 0 Å². The molecule has 0 aliphatic rings. The monoisotopic (exact) mass is 555 g/mol. The molecule has 1 heterocycles. The van der Waals surface area contributed by atoms with Gasteiger partial charge in [0.05, 0.1) is 5.52 Å². The van der Waals surface area contributed by atoms with Gasteiger partial charge in [0.25, 0.3) is 0 Å². The third kappa shape index (κ3) is 3.32. The summed E-state index contributed by atoms with van der Waals surface area (Å²) in [6.45, 7) is 0. The van der Waals surface area contributed by atoms with E-state index in [1.54, 1.807) is 0 Å². The number of hydrogen-bond donors (Lipinski definition) is 0. The minimum absolute atomic E-state index is 1.02. The Morgan fingerprint density at radius 3 is 1.48 bits per heavy atom. The highest BCUT2D eigenvalue weighted by atomic mass is 14.6. The van der Waals surface area contributed by atoms with E-state index in [2.05, 4.69) is 145 Å². The fourth-order valence-electron chi connectivity index (χ4n) is 7.58. The fourth-order valence-corrected chi connectivity index (χ4v) is 7.58. The first-order chi connectivity index (χ1) is 21.8. The third-order valence-electron chi connectivity index (χ3n) is 9.56. The van der Waals surface area contributed by atoms with Crippen molar-refractivity contribution in [2.24, 2.45) is 0 Å². The van der Waals surface area contributed by atoms with Crippen molar-refractivity contribution in [2.75, 3.05) is 0 Å². The van der Waals surface area contributed by atoms with Crippen LogP contribution >= 0.6 is 0 Å². The van der Waals surface area contributed by atoms with Gasteiger partial charge in [-0.05, 0) is 123 Å². The number of nitrogens with zero attached hydrogens (tertiary/aromatic N) is 1. The summed E-state index contributed by atoms with van der Waals surface area (Å²) >= 11 is 0. The van der Waals surface area contributed by atoms with Crippen LogP contribution in [0.25, 0.3) is 97.8 Å². The molecule has 0 bridgehead atoms. The van der Waals surface area contributed by atoms with Gasteiger partial charge in [-0.2, -0.15) is 0 Å². The van der Waals surface area contributed by atoms with Gasteiger partial charge < -0.3 is 0 Å². The van der Waals surface area contributed by atoms with Crippen LogP contribution in [0.1, 0.15) is 0 Å². The van der Waals surface area contributed by atoms with Crippen LogP contribution < -0.4 is 0 Å². The van der Waals surface area contributed by atoms with Crippen molar-refractivity contribution >= 4 is 75.5 Å². The van der Waals surface area contributed by atoms with E-state index in [1.165, 1.54) is 86.9 Å². The van der Waals surface area contributed by atoms with E-state index in [9.17, 15) is 0 Å². The van der Waals surface area contributed by atoms with Crippen molar-refractivity contribution < 1.29 is 0 Å². The van der Waals surface area contributed by atoms with Crippen LogP contribution in [0.4, 0.5) is 0 Å². The molecule has 0 spiro atoms. The summed E-state index contributed by atoms with van der Waals surface area (Å²) in [5.74, 6) is 0. The Labute approximate surface area is 254 Å². The molecular formula is C43H25N. The van der Waals surface area contributed by atoms with Crippen LogP contribution in [0.5, 0.6) is 0 Å². The van der Waals surface area contributed by atoms with Crippen LogP contribution in [0.3, 0.4) is 0 Å². The molecule has 0 fully saturated rings. The highest BCUT2D eigenvalue weighted by Gasteiger charge is 2.16. The summed E-state index contributed by atoms with van der Waals surface area (Å²) in [6, 6.07) is 53.9. The Morgan fingerprint density at radius 1 is 0.295 bits per heavy atom. The van der Waals surface area contributed by atoms with Gasteiger partial charge in [0.2, 0.25) is 0 Å². The molecule has 0 amide bonds. The lowest BCUT2D eigenvalue weighted by molar-refractivity contribution is 1.41. The number of hydrogen-bond acceptors (Lipinski definition) is 1.